The zero-order valence-electron chi connectivity index (χ0n) is 16.1. The summed E-state index contributed by atoms with van der Waals surface area (Å²) in [6.07, 6.45) is 6.85. The van der Waals surface area contributed by atoms with Crippen LogP contribution in [-0.4, -0.2) is 25.0 Å². The van der Waals surface area contributed by atoms with Crippen LogP contribution in [0.25, 0.3) is 16.7 Å². The fraction of sp³-hybridized carbons (Fsp3) is 0.0417. The van der Waals surface area contributed by atoms with Crippen LogP contribution in [0.3, 0.4) is 0 Å². The second-order valence-electron chi connectivity index (χ2n) is 6.99. The van der Waals surface area contributed by atoms with E-state index in [-0.39, 0.29) is 5.91 Å². The van der Waals surface area contributed by atoms with Crippen molar-refractivity contribution in [3.8, 4) is 5.82 Å². The zero-order valence-corrected chi connectivity index (χ0v) is 16.1. The van der Waals surface area contributed by atoms with E-state index in [1.165, 1.54) is 0 Å². The van der Waals surface area contributed by atoms with Gasteiger partial charge in [-0.15, -0.1) is 0 Å². The van der Waals surface area contributed by atoms with Crippen LogP contribution >= 0.6 is 0 Å². The number of nitrogens with one attached hydrogen (secondary N) is 1. The van der Waals surface area contributed by atoms with Crippen molar-refractivity contribution >= 4 is 22.5 Å². The Kier molecular flexibility index (Phi) is 4.57. The van der Waals surface area contributed by atoms with E-state index in [2.05, 4.69) is 27.4 Å². The van der Waals surface area contributed by atoms with Crippen molar-refractivity contribution in [1.29, 1.82) is 0 Å². The van der Waals surface area contributed by atoms with Crippen LogP contribution < -0.4 is 5.32 Å². The fourth-order valence-electron chi connectivity index (χ4n) is 3.54. The van der Waals surface area contributed by atoms with E-state index in [0.29, 0.717) is 17.9 Å². The van der Waals surface area contributed by atoms with Crippen LogP contribution in [0.15, 0.2) is 97.7 Å². The Morgan fingerprint density at radius 1 is 0.967 bits per heavy atom. The topological polar surface area (TPSA) is 64.7 Å². The van der Waals surface area contributed by atoms with Gasteiger partial charge in [0.15, 0.2) is 0 Å². The number of aromatic nitrogens is 4. The summed E-state index contributed by atoms with van der Waals surface area (Å²) < 4.78 is 3.86. The minimum absolute atomic E-state index is 0.167. The summed E-state index contributed by atoms with van der Waals surface area (Å²) in [6.45, 7) is 0.620. The average molecular weight is 393 g/mol. The summed E-state index contributed by atoms with van der Waals surface area (Å²) >= 11 is 0. The van der Waals surface area contributed by atoms with Crippen molar-refractivity contribution in [2.75, 3.05) is 5.32 Å². The molecule has 0 atom stereocenters. The predicted octanol–water partition coefficient (Wildman–Crippen LogP) is 4.52. The largest absolute Gasteiger partial charge is 0.332 e. The molecule has 146 valence electrons. The van der Waals surface area contributed by atoms with E-state index in [1.54, 1.807) is 18.7 Å². The number of carbonyl (C=O) groups excluding carboxylic acids is 1. The number of fused-ring (bicyclic) bond motifs is 1. The third-order valence-corrected chi connectivity index (χ3v) is 5.00. The highest BCUT2D eigenvalue weighted by Crippen LogP contribution is 2.22. The fourth-order valence-corrected chi connectivity index (χ4v) is 3.54. The van der Waals surface area contributed by atoms with E-state index < -0.39 is 0 Å². The second-order valence-corrected chi connectivity index (χ2v) is 6.99. The molecule has 5 rings (SSSR count). The van der Waals surface area contributed by atoms with Crippen molar-refractivity contribution < 1.29 is 4.79 Å². The lowest BCUT2D eigenvalue weighted by atomic mass is 10.2. The zero-order chi connectivity index (χ0) is 20.3. The Labute approximate surface area is 173 Å². The Bertz CT molecular complexity index is 1290. The Hall–Kier alpha value is -4.19. The third kappa shape index (κ3) is 3.46. The molecule has 0 saturated heterocycles. The summed E-state index contributed by atoms with van der Waals surface area (Å²) in [5.41, 5.74) is 3.42. The molecule has 3 heterocycles. The van der Waals surface area contributed by atoms with Crippen molar-refractivity contribution in [3.63, 3.8) is 0 Å². The summed E-state index contributed by atoms with van der Waals surface area (Å²) in [7, 11) is 0. The van der Waals surface area contributed by atoms with Gasteiger partial charge in [0.25, 0.3) is 5.91 Å². The molecule has 0 unspecified atom stereocenters. The molecule has 30 heavy (non-hydrogen) atoms. The van der Waals surface area contributed by atoms with E-state index in [9.17, 15) is 4.79 Å². The molecular formula is C24H19N5O. The lowest BCUT2D eigenvalue weighted by molar-refractivity contribution is 0.101. The maximum Gasteiger partial charge on any atom is 0.272 e. The van der Waals surface area contributed by atoms with Crippen LogP contribution in [-0.2, 0) is 6.54 Å². The van der Waals surface area contributed by atoms with Gasteiger partial charge in [0.05, 0.1) is 11.9 Å². The van der Waals surface area contributed by atoms with Crippen molar-refractivity contribution in [1.82, 2.24) is 19.1 Å². The van der Waals surface area contributed by atoms with Gasteiger partial charge in [0, 0.05) is 29.8 Å². The van der Waals surface area contributed by atoms with Crippen molar-refractivity contribution in [3.05, 3.63) is 109 Å². The first kappa shape index (κ1) is 17.9. The number of benzene rings is 2. The number of imidazole rings is 1. The van der Waals surface area contributed by atoms with Gasteiger partial charge in [0.2, 0.25) is 0 Å². The van der Waals surface area contributed by atoms with E-state index in [0.717, 1.165) is 22.3 Å². The van der Waals surface area contributed by atoms with Gasteiger partial charge in [-0.05, 0) is 29.8 Å². The number of anilines is 1. The van der Waals surface area contributed by atoms with Gasteiger partial charge in [0.1, 0.15) is 17.8 Å². The van der Waals surface area contributed by atoms with Gasteiger partial charge in [-0.25, -0.2) is 9.97 Å². The molecule has 1 N–H and O–H groups in total. The van der Waals surface area contributed by atoms with E-state index >= 15 is 0 Å². The van der Waals surface area contributed by atoms with Crippen LogP contribution in [0.2, 0.25) is 0 Å². The second kappa shape index (κ2) is 7.67. The van der Waals surface area contributed by atoms with Gasteiger partial charge < -0.3 is 9.88 Å². The summed E-state index contributed by atoms with van der Waals surface area (Å²) in [4.78, 5) is 21.6. The molecule has 0 aliphatic carbocycles. The van der Waals surface area contributed by atoms with Crippen LogP contribution in [0.1, 0.15) is 16.1 Å². The minimum Gasteiger partial charge on any atom is -0.332 e. The number of nitrogens with zero attached hydrogens (tertiary/aromatic N) is 4. The monoisotopic (exact) mass is 393 g/mol. The first-order valence-electron chi connectivity index (χ1n) is 9.66. The van der Waals surface area contributed by atoms with Gasteiger partial charge in [-0.2, -0.15) is 0 Å². The quantitative estimate of drug-likeness (QED) is 0.477. The molecule has 0 fully saturated rings. The maximum atomic E-state index is 13.1. The van der Waals surface area contributed by atoms with Crippen LogP contribution in [0.5, 0.6) is 0 Å². The van der Waals surface area contributed by atoms with E-state index in [1.807, 2.05) is 76.0 Å². The molecule has 0 radical (unpaired) electrons. The van der Waals surface area contributed by atoms with Crippen molar-refractivity contribution in [2.24, 2.45) is 0 Å². The molecule has 0 aliphatic heterocycles. The summed E-state index contributed by atoms with van der Waals surface area (Å²) in [6, 6.07) is 23.8. The standard InChI is InChI=1S/C24H19N5O/c30-24(27-20-10-11-23(26-15-20)28-13-12-25-17-28)22-14-19-8-4-5-9-21(19)29(22)16-18-6-2-1-3-7-18/h1-15,17H,16H2,(H,27,30). The molecule has 0 saturated carbocycles. The highest BCUT2D eigenvalue weighted by atomic mass is 16.1. The smallest absolute Gasteiger partial charge is 0.272 e. The molecule has 5 aromatic rings. The Balaban J connectivity index is 1.45. The summed E-state index contributed by atoms with van der Waals surface area (Å²) in [5, 5.41) is 4.01. The summed E-state index contributed by atoms with van der Waals surface area (Å²) in [5.74, 6) is 0.572. The molecule has 6 heteroatoms. The normalized spacial score (nSPS) is 10.9. The SMILES string of the molecule is O=C(Nc1ccc(-n2ccnc2)nc1)c1cc2ccccc2n1Cc1ccccc1. The Morgan fingerprint density at radius 3 is 2.57 bits per heavy atom. The molecule has 1 amide bonds. The third-order valence-electron chi connectivity index (χ3n) is 5.00. The number of para-hydroxylation sites is 1. The highest BCUT2D eigenvalue weighted by molar-refractivity contribution is 6.06. The van der Waals surface area contributed by atoms with E-state index in [4.69, 9.17) is 0 Å². The first-order valence-corrected chi connectivity index (χ1v) is 9.66. The van der Waals surface area contributed by atoms with Crippen LogP contribution in [0.4, 0.5) is 5.69 Å². The molecule has 0 spiro atoms. The van der Waals surface area contributed by atoms with Crippen LogP contribution in [0, 0.1) is 0 Å². The first-order chi connectivity index (χ1) is 14.8. The van der Waals surface area contributed by atoms with Gasteiger partial charge in [-0.3, -0.25) is 9.36 Å². The number of pyridine rings is 1. The number of hydrogen-bond acceptors (Lipinski definition) is 3. The molecular weight excluding hydrogens is 374 g/mol. The lowest BCUT2D eigenvalue weighted by Gasteiger charge is -2.12. The molecule has 3 aromatic heterocycles. The van der Waals surface area contributed by atoms with Gasteiger partial charge >= 0.3 is 0 Å². The van der Waals surface area contributed by atoms with Gasteiger partial charge in [-0.1, -0.05) is 48.5 Å². The molecule has 0 bridgehead atoms. The molecule has 0 aliphatic rings. The maximum absolute atomic E-state index is 13.1. The predicted molar refractivity (Wildman–Crippen MR) is 117 cm³/mol. The molecule has 6 nitrogen and oxygen atoms in total. The number of rotatable bonds is 5. The molecule has 2 aromatic carbocycles. The van der Waals surface area contributed by atoms with Crippen molar-refractivity contribution in [2.45, 2.75) is 6.54 Å². The minimum atomic E-state index is -0.167. The number of hydrogen-bond donors (Lipinski definition) is 1. The Morgan fingerprint density at radius 2 is 1.80 bits per heavy atom. The average Bonchev–Trinajstić information content (AvgIpc) is 3.44. The lowest BCUT2D eigenvalue weighted by Crippen LogP contribution is -2.17. The number of amides is 1. The number of carbonyl (C=O) groups is 1. The highest BCUT2D eigenvalue weighted by Gasteiger charge is 2.16.